The first-order valence-corrected chi connectivity index (χ1v) is 14.4. The number of fused-ring (bicyclic) bond motifs is 7. The average molecular weight is 547 g/mol. The van der Waals surface area contributed by atoms with Crippen molar-refractivity contribution in [2.24, 2.45) is 0 Å². The molecule has 0 saturated carbocycles. The summed E-state index contributed by atoms with van der Waals surface area (Å²) in [6.07, 6.45) is 0. The van der Waals surface area contributed by atoms with Crippen molar-refractivity contribution in [1.29, 1.82) is 0 Å². The van der Waals surface area contributed by atoms with Gasteiger partial charge in [-0.1, -0.05) is 143 Å². The van der Waals surface area contributed by atoms with E-state index < -0.39 is 0 Å². The summed E-state index contributed by atoms with van der Waals surface area (Å²) in [6.45, 7) is 6.95. The van der Waals surface area contributed by atoms with Gasteiger partial charge >= 0.3 is 0 Å². The summed E-state index contributed by atoms with van der Waals surface area (Å²) in [7, 11) is 0. The Labute approximate surface area is 247 Å². The lowest BCUT2D eigenvalue weighted by atomic mass is 9.81. The van der Waals surface area contributed by atoms with Crippen LogP contribution in [0.5, 0.6) is 0 Å². The molecule has 2 aromatic heterocycles. The number of para-hydroxylation sites is 1. The molecule has 0 atom stereocenters. The van der Waals surface area contributed by atoms with Gasteiger partial charge < -0.3 is 0 Å². The van der Waals surface area contributed by atoms with E-state index in [1.807, 2.05) is 36.4 Å². The number of benzene rings is 5. The zero-order valence-corrected chi connectivity index (χ0v) is 24.0. The molecule has 0 spiro atoms. The highest BCUT2D eigenvalue weighted by Crippen LogP contribution is 2.52. The van der Waals surface area contributed by atoms with Crippen LogP contribution in [0.4, 0.5) is 0 Å². The smallest absolute Gasteiger partial charge is 0.238 e. The highest BCUT2D eigenvalue weighted by Gasteiger charge is 2.38. The van der Waals surface area contributed by atoms with Crippen molar-refractivity contribution in [2.45, 2.75) is 33.1 Å². The van der Waals surface area contributed by atoms with Crippen LogP contribution in [0.15, 0.2) is 121 Å². The van der Waals surface area contributed by atoms with E-state index in [-0.39, 0.29) is 5.41 Å². The van der Waals surface area contributed by atoms with Crippen LogP contribution in [0, 0.1) is 0 Å². The van der Waals surface area contributed by atoms with E-state index in [1.54, 1.807) is 6.92 Å². The number of rotatable bonds is 3. The molecule has 0 N–H and O–H groups in total. The lowest BCUT2D eigenvalue weighted by Crippen LogP contribution is -2.17. The highest BCUT2D eigenvalue weighted by atomic mass is 15.2. The largest absolute Gasteiger partial charge is 0.277 e. The number of hydrogen-bond donors (Lipinski definition) is 0. The van der Waals surface area contributed by atoms with Crippen molar-refractivity contribution in [1.82, 2.24) is 19.5 Å². The third-order valence-corrected chi connectivity index (χ3v) is 8.24. The summed E-state index contributed by atoms with van der Waals surface area (Å²) >= 11 is 0. The van der Waals surface area contributed by atoms with Crippen molar-refractivity contribution in [3.05, 3.63) is 132 Å². The van der Waals surface area contributed by atoms with Crippen LogP contribution in [0.25, 0.3) is 61.7 Å². The Morgan fingerprint density at radius 3 is 1.83 bits per heavy atom. The van der Waals surface area contributed by atoms with Crippen molar-refractivity contribution in [2.75, 3.05) is 0 Å². The van der Waals surface area contributed by atoms with Crippen LogP contribution in [0.3, 0.4) is 0 Å². The Bertz CT molecular complexity index is 2040. The highest BCUT2D eigenvalue weighted by molar-refractivity contribution is 6.12. The topological polar surface area (TPSA) is 43.6 Å². The molecule has 2 heterocycles. The van der Waals surface area contributed by atoms with E-state index in [0.29, 0.717) is 24.5 Å². The fourth-order valence-electron chi connectivity index (χ4n) is 6.42. The second-order valence-electron chi connectivity index (χ2n) is 10.9. The van der Waals surface area contributed by atoms with Crippen LogP contribution in [-0.4, -0.2) is 19.5 Å². The molecule has 1 aliphatic rings. The maximum Gasteiger partial charge on any atom is 0.238 e. The van der Waals surface area contributed by atoms with E-state index in [2.05, 4.69) is 103 Å². The first-order valence-electron chi connectivity index (χ1n) is 15.1. The number of nitrogens with zero attached hydrogens (tertiary/aromatic N) is 4. The molecule has 204 valence electrons. The van der Waals surface area contributed by atoms with Crippen molar-refractivity contribution < 1.29 is 1.37 Å². The maximum atomic E-state index is 6.21. The van der Waals surface area contributed by atoms with E-state index in [4.69, 9.17) is 16.3 Å². The molecule has 0 amide bonds. The molecule has 4 heteroatoms. The van der Waals surface area contributed by atoms with Crippen LogP contribution in [-0.2, 0) is 5.41 Å². The molecule has 4 nitrogen and oxygen atoms in total. The average Bonchev–Trinajstić information content (AvgIpc) is 3.51. The van der Waals surface area contributed by atoms with Gasteiger partial charge in [-0.2, -0.15) is 9.97 Å². The minimum absolute atomic E-state index is 0.185. The minimum atomic E-state index is -0.185. The molecule has 0 unspecified atom stereocenters. The third-order valence-electron chi connectivity index (χ3n) is 8.24. The summed E-state index contributed by atoms with van der Waals surface area (Å²) in [4.78, 5) is 15.2. The van der Waals surface area contributed by atoms with E-state index in [0.717, 1.165) is 22.2 Å². The third kappa shape index (κ3) is 3.87. The zero-order valence-electron chi connectivity index (χ0n) is 25.0. The van der Waals surface area contributed by atoms with Gasteiger partial charge in [-0.15, -0.1) is 0 Å². The van der Waals surface area contributed by atoms with Crippen molar-refractivity contribution in [3.8, 4) is 39.9 Å². The van der Waals surface area contributed by atoms with Crippen LogP contribution in [0.2, 0.25) is 0 Å². The van der Waals surface area contributed by atoms with Gasteiger partial charge in [0.2, 0.25) is 5.95 Å². The number of aromatic nitrogens is 4. The molecule has 1 aliphatic carbocycles. The maximum absolute atomic E-state index is 6.21. The second kappa shape index (κ2) is 10.1. The van der Waals surface area contributed by atoms with Gasteiger partial charge in [-0.3, -0.25) is 4.57 Å². The molecule has 8 rings (SSSR count). The summed E-state index contributed by atoms with van der Waals surface area (Å²) < 4.78 is 8.47. The van der Waals surface area contributed by atoms with Gasteiger partial charge in [0.25, 0.3) is 0 Å². The Morgan fingerprint density at radius 2 is 1.17 bits per heavy atom. The Hall–Kier alpha value is -5.09. The Balaban J connectivity index is 0.000000963. The fraction of sp³-hybridized carbons (Fsp3) is 0.132. The molecule has 0 fully saturated rings. The molecular formula is C38H32N4. The van der Waals surface area contributed by atoms with Gasteiger partial charge in [0.1, 0.15) is 0 Å². The van der Waals surface area contributed by atoms with Gasteiger partial charge in [-0.25, -0.2) is 4.98 Å². The monoisotopic (exact) mass is 546 g/mol. The SMILES string of the molecule is CC1(C)c2ccccc2-c2ccc3c4ccccc4n(-c4nc(-c5ccccc5)nc(-c5ccccc5)n4)c3c21.[3H]CC. The quantitative estimate of drug-likeness (QED) is 0.222. The zero-order chi connectivity index (χ0) is 29.6. The molecule has 42 heavy (non-hydrogen) atoms. The van der Waals surface area contributed by atoms with Gasteiger partial charge in [0, 0.05) is 28.7 Å². The lowest BCUT2D eigenvalue weighted by Gasteiger charge is -2.23. The van der Waals surface area contributed by atoms with Gasteiger partial charge in [0.05, 0.1) is 11.0 Å². The first kappa shape index (κ1) is 24.7. The molecule has 7 aromatic rings. The van der Waals surface area contributed by atoms with E-state index >= 15 is 0 Å². The fourth-order valence-corrected chi connectivity index (χ4v) is 6.42. The standard InChI is InChI=1S/C36H26N4.C2H6/c1-36(2)29-19-11-9-17-25(29)27-21-22-28-26-18-10-12-20-30(26)40(32(28)31(27)36)35-38-33(23-13-5-3-6-14-23)37-34(39-35)24-15-7-4-8-16-24;1-2/h3-22H,1-2H3;1-2H3/i;1T. The van der Waals surface area contributed by atoms with Crippen LogP contribution >= 0.6 is 0 Å². The first-order chi connectivity index (χ1) is 21.0. The predicted octanol–water partition coefficient (Wildman–Crippen LogP) is 9.64. The number of hydrogen-bond acceptors (Lipinski definition) is 3. The van der Waals surface area contributed by atoms with E-state index in [9.17, 15) is 0 Å². The normalized spacial score (nSPS) is 13.3. The summed E-state index contributed by atoms with van der Waals surface area (Å²) in [6, 6.07) is 42.2. The lowest BCUT2D eigenvalue weighted by molar-refractivity contribution is 0.663. The van der Waals surface area contributed by atoms with Gasteiger partial charge in [0.15, 0.2) is 11.6 Å². The molecule has 0 aliphatic heterocycles. The van der Waals surface area contributed by atoms with Crippen molar-refractivity contribution in [3.63, 3.8) is 0 Å². The molecular weight excluding hydrogens is 512 g/mol. The molecule has 0 radical (unpaired) electrons. The van der Waals surface area contributed by atoms with Crippen LogP contribution in [0.1, 0.15) is 40.2 Å². The summed E-state index contributed by atoms with van der Waals surface area (Å²) in [5.41, 5.74) is 9.21. The van der Waals surface area contributed by atoms with Crippen molar-refractivity contribution >= 4 is 21.8 Å². The predicted molar refractivity (Wildman–Crippen MR) is 174 cm³/mol. The van der Waals surface area contributed by atoms with Gasteiger partial charge in [-0.05, 0) is 28.3 Å². The minimum Gasteiger partial charge on any atom is -0.277 e. The summed E-state index contributed by atoms with van der Waals surface area (Å²) in [5.74, 6) is 1.94. The molecule has 5 aromatic carbocycles. The second-order valence-corrected chi connectivity index (χ2v) is 10.9. The summed E-state index contributed by atoms with van der Waals surface area (Å²) in [5, 5.41) is 2.40. The molecule has 0 saturated heterocycles. The Kier molecular flexibility index (Phi) is 5.92. The van der Waals surface area contributed by atoms with Crippen LogP contribution < -0.4 is 0 Å². The van der Waals surface area contributed by atoms with E-state index in [1.165, 1.54) is 33.0 Å². The molecule has 0 bridgehead atoms. The Morgan fingerprint density at radius 1 is 0.595 bits per heavy atom.